The Balaban J connectivity index is 0.000000194. The molecule has 0 aromatic heterocycles. The van der Waals surface area contributed by atoms with Gasteiger partial charge in [0, 0.05) is 16.6 Å². The Morgan fingerprint density at radius 3 is 2.25 bits per heavy atom. The number of aryl methyl sites for hydroxylation is 1. The van der Waals surface area contributed by atoms with E-state index in [-0.39, 0.29) is 0 Å². The molecule has 1 fully saturated rings. The first-order chi connectivity index (χ1) is 7.79. The molecule has 0 amide bonds. The van der Waals surface area contributed by atoms with E-state index in [9.17, 15) is 0 Å². The van der Waals surface area contributed by atoms with Crippen LogP contribution in [0.2, 0.25) is 0 Å². The minimum Gasteiger partial charge on any atom is -0.282 e. The van der Waals surface area contributed by atoms with Gasteiger partial charge in [-0.15, -0.1) is 0 Å². The highest BCUT2D eigenvalue weighted by atomic mass is 79.9. The first kappa shape index (κ1) is 11.8. The van der Waals surface area contributed by atoms with Crippen LogP contribution in [-0.4, -0.2) is 11.8 Å². The molecule has 1 atom stereocenters. The second-order valence-electron chi connectivity index (χ2n) is 4.42. The summed E-state index contributed by atoms with van der Waals surface area (Å²) in [7, 11) is 0. The predicted molar refractivity (Wildman–Crippen MR) is 73.2 cm³/mol. The molecule has 0 N–H and O–H groups in total. The van der Waals surface area contributed by atoms with Crippen LogP contribution < -0.4 is 0 Å². The van der Waals surface area contributed by atoms with Crippen molar-refractivity contribution in [3.63, 3.8) is 0 Å². The molecule has 1 aliphatic carbocycles. The van der Waals surface area contributed by atoms with Gasteiger partial charge in [0.25, 0.3) is 0 Å². The van der Waals surface area contributed by atoms with Crippen LogP contribution in [0.4, 0.5) is 0 Å². The van der Waals surface area contributed by atoms with E-state index in [0.29, 0.717) is 0 Å². The summed E-state index contributed by atoms with van der Waals surface area (Å²) in [6.07, 6.45) is 6.52. The number of benzene rings is 1. The van der Waals surface area contributed by atoms with E-state index in [2.05, 4.69) is 52.1 Å². The zero-order chi connectivity index (χ0) is 11.4. The van der Waals surface area contributed by atoms with Gasteiger partial charge in [-0.3, -0.25) is 4.99 Å². The molecule has 86 valence electrons. The molecule has 1 unspecified atom stereocenters. The van der Waals surface area contributed by atoms with Gasteiger partial charge in [0.05, 0.1) is 6.04 Å². The van der Waals surface area contributed by atoms with Gasteiger partial charge < -0.3 is 0 Å². The van der Waals surface area contributed by atoms with Crippen LogP contribution in [-0.2, 0) is 6.42 Å². The molecular weight excluding hydrogens is 262 g/mol. The molecule has 2 heteroatoms. The van der Waals surface area contributed by atoms with E-state index in [1.54, 1.807) is 0 Å². The second-order valence-corrected chi connectivity index (χ2v) is 5.34. The third-order valence-electron chi connectivity index (χ3n) is 2.86. The minimum atomic E-state index is 0.792. The number of aliphatic imine (C=N–C) groups is 1. The summed E-state index contributed by atoms with van der Waals surface area (Å²) in [6, 6.07) is 9.40. The van der Waals surface area contributed by atoms with Crippen LogP contribution in [0.3, 0.4) is 0 Å². The van der Waals surface area contributed by atoms with Gasteiger partial charge in [-0.05, 0) is 30.5 Å². The average molecular weight is 280 g/mol. The zero-order valence-corrected chi connectivity index (χ0v) is 11.3. The van der Waals surface area contributed by atoms with Crippen molar-refractivity contribution in [1.82, 2.24) is 0 Å². The molecule has 0 radical (unpaired) electrons. The molecular formula is C14H18BrN. The Hall–Kier alpha value is -0.630. The van der Waals surface area contributed by atoms with Crippen molar-refractivity contribution >= 4 is 21.6 Å². The number of hydrogen-bond acceptors (Lipinski definition) is 1. The van der Waals surface area contributed by atoms with Gasteiger partial charge in [0.2, 0.25) is 0 Å². The van der Waals surface area contributed by atoms with Crippen molar-refractivity contribution in [3.05, 3.63) is 34.3 Å². The van der Waals surface area contributed by atoms with E-state index in [0.717, 1.165) is 6.04 Å². The normalized spacial score (nSPS) is 19.1. The van der Waals surface area contributed by atoms with Crippen LogP contribution in [0.1, 0.15) is 38.2 Å². The molecule has 1 saturated carbocycles. The highest BCUT2D eigenvalue weighted by Crippen LogP contribution is 2.35. The van der Waals surface area contributed by atoms with E-state index in [1.165, 1.54) is 47.9 Å². The largest absolute Gasteiger partial charge is 0.282 e. The van der Waals surface area contributed by atoms with Crippen molar-refractivity contribution in [2.45, 2.75) is 45.1 Å². The molecule has 0 bridgehead atoms. The molecule has 1 aromatic carbocycles. The molecule has 2 aliphatic rings. The summed E-state index contributed by atoms with van der Waals surface area (Å²) < 4.78 is 1.17. The van der Waals surface area contributed by atoms with Crippen LogP contribution in [0.5, 0.6) is 0 Å². The minimum absolute atomic E-state index is 0.792. The highest BCUT2D eigenvalue weighted by molar-refractivity contribution is 9.10. The predicted octanol–water partition coefficient (Wildman–Crippen LogP) is 4.40. The van der Waals surface area contributed by atoms with Crippen molar-refractivity contribution in [2.75, 3.05) is 0 Å². The van der Waals surface area contributed by atoms with E-state index < -0.39 is 0 Å². The molecule has 16 heavy (non-hydrogen) atoms. The van der Waals surface area contributed by atoms with E-state index in [1.807, 2.05) is 0 Å². The Kier molecular flexibility index (Phi) is 4.16. The third kappa shape index (κ3) is 4.09. The maximum Gasteiger partial charge on any atom is 0.0930 e. The second kappa shape index (κ2) is 5.62. The van der Waals surface area contributed by atoms with E-state index in [4.69, 9.17) is 0 Å². The van der Waals surface area contributed by atoms with Gasteiger partial charge in [0.15, 0.2) is 0 Å². The Bertz CT molecular complexity index is 367. The van der Waals surface area contributed by atoms with Gasteiger partial charge >= 0.3 is 0 Å². The maximum atomic E-state index is 3.92. The molecule has 3 rings (SSSR count). The molecule has 0 spiro atoms. The standard InChI is InChI=1S/C11H15Br.C3H3N/c1-2-3-4-5-10-6-8-11(12)9-7-10;1-2-3(1)4-2/h6-9H,2-5H2,1H3;2H,1H2. The van der Waals surface area contributed by atoms with Crippen LogP contribution in [0, 0.1) is 0 Å². The number of nitrogens with zero attached hydrogens (tertiary/aromatic N) is 1. The number of halogens is 1. The number of unbranched alkanes of at least 4 members (excludes halogenated alkanes) is 2. The van der Waals surface area contributed by atoms with Crippen molar-refractivity contribution in [1.29, 1.82) is 0 Å². The Morgan fingerprint density at radius 1 is 1.25 bits per heavy atom. The Morgan fingerprint density at radius 2 is 1.81 bits per heavy atom. The first-order valence-electron chi connectivity index (χ1n) is 6.10. The van der Waals surface area contributed by atoms with Crippen molar-refractivity contribution in [3.8, 4) is 0 Å². The molecule has 1 heterocycles. The molecule has 1 aliphatic heterocycles. The molecule has 1 aromatic rings. The Labute approximate surface area is 106 Å². The van der Waals surface area contributed by atoms with Gasteiger partial charge in [0.1, 0.15) is 0 Å². The summed E-state index contributed by atoms with van der Waals surface area (Å²) in [4.78, 5) is 3.92. The quantitative estimate of drug-likeness (QED) is 0.725. The van der Waals surface area contributed by atoms with Crippen LogP contribution >= 0.6 is 15.9 Å². The number of fused-ring (bicyclic) bond motifs is 1. The van der Waals surface area contributed by atoms with Gasteiger partial charge in [-0.1, -0.05) is 47.8 Å². The lowest BCUT2D eigenvalue weighted by Gasteiger charge is -1.99. The maximum absolute atomic E-state index is 3.92. The summed E-state index contributed by atoms with van der Waals surface area (Å²) in [5.74, 6) is 0. The molecule has 0 saturated heterocycles. The van der Waals surface area contributed by atoms with Crippen molar-refractivity contribution < 1.29 is 0 Å². The zero-order valence-electron chi connectivity index (χ0n) is 9.75. The van der Waals surface area contributed by atoms with Crippen LogP contribution in [0.25, 0.3) is 0 Å². The fourth-order valence-corrected chi connectivity index (χ4v) is 1.78. The van der Waals surface area contributed by atoms with Crippen LogP contribution in [0.15, 0.2) is 33.7 Å². The number of hydrogen-bond donors (Lipinski definition) is 0. The summed E-state index contributed by atoms with van der Waals surface area (Å²) in [5.41, 5.74) is 2.91. The third-order valence-corrected chi connectivity index (χ3v) is 3.39. The smallest absolute Gasteiger partial charge is 0.0930 e. The highest BCUT2D eigenvalue weighted by Gasteiger charge is 2.43. The lowest BCUT2D eigenvalue weighted by atomic mass is 10.1. The SMILES string of the molecule is C1C2=NC12.CCCCCc1ccc(Br)cc1. The number of rotatable bonds is 4. The summed E-state index contributed by atoms with van der Waals surface area (Å²) >= 11 is 3.43. The monoisotopic (exact) mass is 279 g/mol. The summed E-state index contributed by atoms with van der Waals surface area (Å²) in [5, 5.41) is 0. The summed E-state index contributed by atoms with van der Waals surface area (Å²) in [6.45, 7) is 2.24. The topological polar surface area (TPSA) is 12.4 Å². The lowest BCUT2D eigenvalue weighted by molar-refractivity contribution is 0.717. The average Bonchev–Trinajstić information content (AvgIpc) is 3.11. The van der Waals surface area contributed by atoms with E-state index >= 15 is 0 Å². The first-order valence-corrected chi connectivity index (χ1v) is 6.90. The molecule has 1 nitrogen and oxygen atoms in total. The van der Waals surface area contributed by atoms with Gasteiger partial charge in [-0.25, -0.2) is 0 Å². The van der Waals surface area contributed by atoms with Gasteiger partial charge in [-0.2, -0.15) is 0 Å². The lowest BCUT2D eigenvalue weighted by Crippen LogP contribution is -1.83. The van der Waals surface area contributed by atoms with Crippen molar-refractivity contribution in [2.24, 2.45) is 4.99 Å². The fraction of sp³-hybridized carbons (Fsp3) is 0.500. The fourth-order valence-electron chi connectivity index (χ4n) is 1.52.